The Hall–Kier alpha value is -0.670. The van der Waals surface area contributed by atoms with Crippen LogP contribution in [-0.4, -0.2) is 26.1 Å². The van der Waals surface area contributed by atoms with Crippen molar-refractivity contribution in [3.8, 4) is 5.75 Å². The van der Waals surface area contributed by atoms with Gasteiger partial charge in [0.25, 0.3) is 0 Å². The zero-order valence-electron chi connectivity index (χ0n) is 8.66. The topological polar surface area (TPSA) is 18.5 Å². The van der Waals surface area contributed by atoms with E-state index in [9.17, 15) is 0 Å². The molecule has 0 spiro atoms. The Balaban J connectivity index is 2.34. The van der Waals surface area contributed by atoms with E-state index in [2.05, 4.69) is 12.3 Å². The van der Waals surface area contributed by atoms with Gasteiger partial charge in [0.2, 0.25) is 0 Å². The fraction of sp³-hybridized carbons (Fsp3) is 0.455. The van der Waals surface area contributed by atoms with Crippen molar-refractivity contribution in [3.63, 3.8) is 0 Å². The fourth-order valence-electron chi connectivity index (χ4n) is 1.05. The number of ether oxygens (including phenoxy) is 2. The average molecular weight is 212 g/mol. The summed E-state index contributed by atoms with van der Waals surface area (Å²) in [5.74, 6) is 0.913. The van der Waals surface area contributed by atoms with Gasteiger partial charge in [-0.2, -0.15) is 0 Å². The number of hydrogen-bond acceptors (Lipinski definition) is 3. The molecule has 1 aromatic rings. The summed E-state index contributed by atoms with van der Waals surface area (Å²) in [5, 5.41) is 0. The van der Waals surface area contributed by atoms with E-state index < -0.39 is 0 Å². The molecular formula is C11H16O2S. The summed E-state index contributed by atoms with van der Waals surface area (Å²) >= 11 is 1.72. The molecule has 0 saturated heterocycles. The highest BCUT2D eigenvalue weighted by molar-refractivity contribution is 7.98. The Labute approximate surface area is 89.6 Å². The van der Waals surface area contributed by atoms with E-state index in [1.165, 1.54) is 4.90 Å². The summed E-state index contributed by atoms with van der Waals surface area (Å²) in [5.41, 5.74) is 0. The van der Waals surface area contributed by atoms with Gasteiger partial charge in [-0.15, -0.1) is 11.8 Å². The first-order valence-corrected chi connectivity index (χ1v) is 5.94. The molecule has 3 heteroatoms. The number of thioether (sulfide) groups is 1. The van der Waals surface area contributed by atoms with Gasteiger partial charge in [0.15, 0.2) is 0 Å². The lowest BCUT2D eigenvalue weighted by molar-refractivity contribution is 0.110. The average Bonchev–Trinajstić information content (AvgIpc) is 2.25. The van der Waals surface area contributed by atoms with Crippen LogP contribution in [0, 0.1) is 0 Å². The van der Waals surface area contributed by atoms with Crippen molar-refractivity contribution in [2.45, 2.75) is 11.8 Å². The maximum absolute atomic E-state index is 5.51. The molecule has 0 heterocycles. The second-order valence-electron chi connectivity index (χ2n) is 2.72. The molecule has 0 aliphatic carbocycles. The van der Waals surface area contributed by atoms with Gasteiger partial charge in [0.1, 0.15) is 12.4 Å². The van der Waals surface area contributed by atoms with Crippen LogP contribution in [0.5, 0.6) is 5.75 Å². The lowest BCUT2D eigenvalue weighted by atomic mass is 10.3. The third-order valence-electron chi connectivity index (χ3n) is 1.74. The van der Waals surface area contributed by atoms with E-state index in [1.54, 1.807) is 11.8 Å². The summed E-state index contributed by atoms with van der Waals surface area (Å²) < 4.78 is 10.7. The van der Waals surface area contributed by atoms with E-state index in [0.29, 0.717) is 13.2 Å². The van der Waals surface area contributed by atoms with Gasteiger partial charge < -0.3 is 9.47 Å². The number of hydrogen-bond donors (Lipinski definition) is 0. The van der Waals surface area contributed by atoms with Gasteiger partial charge in [-0.3, -0.25) is 0 Å². The normalized spacial score (nSPS) is 10.1. The first-order valence-electron chi connectivity index (χ1n) is 4.71. The molecule has 14 heavy (non-hydrogen) atoms. The van der Waals surface area contributed by atoms with Gasteiger partial charge >= 0.3 is 0 Å². The van der Waals surface area contributed by atoms with Gasteiger partial charge in [-0.25, -0.2) is 0 Å². The largest absolute Gasteiger partial charge is 0.491 e. The van der Waals surface area contributed by atoms with Crippen LogP contribution in [0.4, 0.5) is 0 Å². The van der Waals surface area contributed by atoms with E-state index in [-0.39, 0.29) is 0 Å². The quantitative estimate of drug-likeness (QED) is 0.533. The van der Waals surface area contributed by atoms with Gasteiger partial charge in [0.05, 0.1) is 6.61 Å². The Morgan fingerprint density at radius 2 is 2.14 bits per heavy atom. The highest BCUT2D eigenvalue weighted by Crippen LogP contribution is 2.20. The molecular weight excluding hydrogens is 196 g/mol. The van der Waals surface area contributed by atoms with Crippen molar-refractivity contribution in [2.24, 2.45) is 0 Å². The molecule has 0 unspecified atom stereocenters. The Morgan fingerprint density at radius 3 is 2.86 bits per heavy atom. The van der Waals surface area contributed by atoms with Gasteiger partial charge in [0, 0.05) is 11.5 Å². The van der Waals surface area contributed by atoms with Crippen molar-refractivity contribution >= 4 is 11.8 Å². The summed E-state index contributed by atoms with van der Waals surface area (Å²) in [4.78, 5) is 1.22. The zero-order chi connectivity index (χ0) is 10.2. The van der Waals surface area contributed by atoms with Crippen LogP contribution in [0.3, 0.4) is 0 Å². The summed E-state index contributed by atoms with van der Waals surface area (Å²) in [6, 6.07) is 8.07. The predicted molar refractivity (Wildman–Crippen MR) is 60.2 cm³/mol. The third kappa shape index (κ3) is 4.03. The molecule has 0 aromatic heterocycles. The molecule has 0 aliphatic heterocycles. The summed E-state index contributed by atoms with van der Waals surface area (Å²) in [7, 11) is 0. The minimum absolute atomic E-state index is 0.617. The Morgan fingerprint density at radius 1 is 1.29 bits per heavy atom. The van der Waals surface area contributed by atoms with Gasteiger partial charge in [-0.1, -0.05) is 6.07 Å². The predicted octanol–water partition coefficient (Wildman–Crippen LogP) is 2.82. The van der Waals surface area contributed by atoms with Crippen molar-refractivity contribution < 1.29 is 9.47 Å². The second kappa shape index (κ2) is 6.74. The molecule has 2 nitrogen and oxygen atoms in total. The van der Waals surface area contributed by atoms with Crippen molar-refractivity contribution in [3.05, 3.63) is 24.3 Å². The lowest BCUT2D eigenvalue weighted by Gasteiger charge is -2.06. The van der Waals surface area contributed by atoms with Crippen molar-refractivity contribution in [1.29, 1.82) is 0 Å². The Kier molecular flexibility index (Phi) is 5.49. The van der Waals surface area contributed by atoms with Crippen LogP contribution >= 0.6 is 11.8 Å². The molecule has 0 bridgehead atoms. The molecule has 1 rings (SSSR count). The second-order valence-corrected chi connectivity index (χ2v) is 3.60. The van der Waals surface area contributed by atoms with Crippen molar-refractivity contribution in [2.75, 3.05) is 26.1 Å². The molecule has 0 saturated carbocycles. The summed E-state index contributed by atoms with van der Waals surface area (Å²) in [6.45, 7) is 3.99. The number of benzene rings is 1. The minimum atomic E-state index is 0.617. The first kappa shape index (κ1) is 11.4. The number of rotatable bonds is 6. The highest BCUT2D eigenvalue weighted by Gasteiger charge is 1.95. The van der Waals surface area contributed by atoms with E-state index in [0.717, 1.165) is 12.4 Å². The van der Waals surface area contributed by atoms with Crippen LogP contribution in [0.2, 0.25) is 0 Å². The van der Waals surface area contributed by atoms with Crippen LogP contribution in [0.25, 0.3) is 0 Å². The minimum Gasteiger partial charge on any atom is -0.491 e. The fourth-order valence-corrected chi connectivity index (χ4v) is 1.50. The Bertz CT molecular complexity index is 263. The third-order valence-corrected chi connectivity index (χ3v) is 2.47. The zero-order valence-corrected chi connectivity index (χ0v) is 9.47. The molecule has 0 fully saturated rings. The van der Waals surface area contributed by atoms with Crippen molar-refractivity contribution in [1.82, 2.24) is 0 Å². The van der Waals surface area contributed by atoms with Crippen LogP contribution in [-0.2, 0) is 4.74 Å². The van der Waals surface area contributed by atoms with Gasteiger partial charge in [-0.05, 0) is 31.4 Å². The molecule has 0 amide bonds. The molecule has 0 atom stereocenters. The smallest absolute Gasteiger partial charge is 0.120 e. The lowest BCUT2D eigenvalue weighted by Crippen LogP contribution is -2.06. The maximum atomic E-state index is 5.51. The molecule has 1 aromatic carbocycles. The van der Waals surface area contributed by atoms with Crippen LogP contribution in [0.15, 0.2) is 29.2 Å². The first-order chi connectivity index (χ1) is 6.86. The van der Waals surface area contributed by atoms with E-state index in [4.69, 9.17) is 9.47 Å². The molecule has 0 radical (unpaired) electrons. The monoisotopic (exact) mass is 212 g/mol. The maximum Gasteiger partial charge on any atom is 0.120 e. The van der Waals surface area contributed by atoms with Crippen LogP contribution < -0.4 is 4.74 Å². The SMILES string of the molecule is CCOCCOc1cccc(SC)c1. The molecule has 0 N–H and O–H groups in total. The van der Waals surface area contributed by atoms with E-state index in [1.807, 2.05) is 25.1 Å². The van der Waals surface area contributed by atoms with Crippen LogP contribution in [0.1, 0.15) is 6.92 Å². The standard InChI is InChI=1S/C11H16O2S/c1-3-12-7-8-13-10-5-4-6-11(9-10)14-2/h4-6,9H,3,7-8H2,1-2H3. The van der Waals surface area contributed by atoms with E-state index >= 15 is 0 Å². The summed E-state index contributed by atoms with van der Waals surface area (Å²) in [6.07, 6.45) is 2.05. The molecule has 0 aliphatic rings. The highest BCUT2D eigenvalue weighted by atomic mass is 32.2. The molecule has 78 valence electrons.